The van der Waals surface area contributed by atoms with Crippen LogP contribution in [0.25, 0.3) is 0 Å². The fourth-order valence-corrected chi connectivity index (χ4v) is 4.78. The number of rotatable bonds is 5. The van der Waals surface area contributed by atoms with Crippen molar-refractivity contribution in [1.82, 2.24) is 14.5 Å². The molecule has 1 N–H and O–H groups in total. The molecule has 1 aromatic heterocycles. The van der Waals surface area contributed by atoms with Crippen LogP contribution in [0, 0.1) is 0 Å². The Morgan fingerprint density at radius 1 is 1.17 bits per heavy atom. The molecule has 0 unspecified atom stereocenters. The Morgan fingerprint density at radius 3 is 2.58 bits per heavy atom. The molecule has 0 saturated carbocycles. The molecule has 2 heterocycles. The van der Waals surface area contributed by atoms with Gasteiger partial charge in [0.15, 0.2) is 0 Å². The molecule has 1 fully saturated rings. The topological polar surface area (TPSA) is 75.2 Å². The molecule has 6 nitrogen and oxygen atoms in total. The highest BCUT2D eigenvalue weighted by Gasteiger charge is 2.30. The van der Waals surface area contributed by atoms with E-state index < -0.39 is 10.0 Å². The van der Waals surface area contributed by atoms with Crippen LogP contribution in [0.2, 0.25) is 0 Å². The Labute approximate surface area is 143 Å². The highest BCUT2D eigenvalue weighted by molar-refractivity contribution is 7.89. The summed E-state index contributed by atoms with van der Waals surface area (Å²) in [5.74, 6) is 0.732. The van der Waals surface area contributed by atoms with Crippen molar-refractivity contribution in [3.63, 3.8) is 0 Å². The Kier molecular flexibility index (Phi) is 5.11. The van der Waals surface area contributed by atoms with Gasteiger partial charge in [-0.15, -0.1) is 5.10 Å². The summed E-state index contributed by atoms with van der Waals surface area (Å²) in [5, 5.41) is 11.2. The quantitative estimate of drug-likeness (QED) is 0.899. The number of aryl methyl sites for hydroxylation is 1. The maximum absolute atomic E-state index is 12.9. The minimum atomic E-state index is -3.42. The van der Waals surface area contributed by atoms with Crippen LogP contribution in [0.4, 0.5) is 5.82 Å². The van der Waals surface area contributed by atoms with Crippen molar-refractivity contribution in [1.29, 1.82) is 0 Å². The molecule has 1 aliphatic heterocycles. The van der Waals surface area contributed by atoms with Crippen LogP contribution in [0.3, 0.4) is 0 Å². The average Bonchev–Trinajstić information content (AvgIpc) is 2.63. The van der Waals surface area contributed by atoms with Crippen molar-refractivity contribution in [2.45, 2.75) is 37.1 Å². The largest absolute Gasteiger partial charge is 0.366 e. The number of sulfonamides is 1. The van der Waals surface area contributed by atoms with Crippen molar-refractivity contribution < 1.29 is 8.42 Å². The number of hydrogen-bond acceptors (Lipinski definition) is 5. The van der Waals surface area contributed by atoms with Gasteiger partial charge in [-0.05, 0) is 43.0 Å². The van der Waals surface area contributed by atoms with Gasteiger partial charge in [0.05, 0.1) is 4.90 Å². The number of nitrogens with one attached hydrogen (secondary N) is 1. The molecule has 1 aliphatic rings. The molecule has 0 spiro atoms. The lowest BCUT2D eigenvalue weighted by molar-refractivity contribution is 0.329. The van der Waals surface area contributed by atoms with E-state index in [1.807, 2.05) is 31.2 Å². The summed E-state index contributed by atoms with van der Waals surface area (Å²) in [6.07, 6.45) is 3.85. The highest BCUT2D eigenvalue weighted by atomic mass is 32.2. The van der Waals surface area contributed by atoms with Crippen molar-refractivity contribution in [2.75, 3.05) is 18.4 Å². The van der Waals surface area contributed by atoms with Gasteiger partial charge in [0.2, 0.25) is 10.0 Å². The molecule has 24 heavy (non-hydrogen) atoms. The van der Waals surface area contributed by atoms with Crippen LogP contribution in [-0.4, -0.2) is 42.1 Å². The first-order valence-electron chi connectivity index (χ1n) is 8.23. The normalized spacial score (nSPS) is 16.9. The summed E-state index contributed by atoms with van der Waals surface area (Å²) in [7, 11) is -3.42. The highest BCUT2D eigenvalue weighted by Crippen LogP contribution is 2.24. The molecule has 0 aliphatic carbocycles. The molecule has 1 saturated heterocycles. The van der Waals surface area contributed by atoms with Gasteiger partial charge in [0.1, 0.15) is 5.82 Å². The molecule has 128 valence electrons. The van der Waals surface area contributed by atoms with Gasteiger partial charge >= 0.3 is 0 Å². The predicted octanol–water partition coefficient (Wildman–Crippen LogP) is 2.30. The molecule has 0 amide bonds. The number of aromatic nitrogens is 2. The van der Waals surface area contributed by atoms with E-state index in [-0.39, 0.29) is 6.04 Å². The van der Waals surface area contributed by atoms with Crippen LogP contribution >= 0.6 is 0 Å². The second-order valence-electron chi connectivity index (χ2n) is 5.89. The molecule has 7 heteroatoms. The average molecular weight is 346 g/mol. The van der Waals surface area contributed by atoms with E-state index in [9.17, 15) is 8.42 Å². The molecule has 0 bridgehead atoms. The van der Waals surface area contributed by atoms with Gasteiger partial charge in [-0.3, -0.25) is 0 Å². The second-order valence-corrected chi connectivity index (χ2v) is 7.80. The second kappa shape index (κ2) is 7.27. The smallest absolute Gasteiger partial charge is 0.243 e. The van der Waals surface area contributed by atoms with Crippen molar-refractivity contribution in [3.05, 3.63) is 48.2 Å². The summed E-state index contributed by atoms with van der Waals surface area (Å²) in [6.45, 7) is 3.00. The Balaban J connectivity index is 1.67. The maximum Gasteiger partial charge on any atom is 0.243 e. The predicted molar refractivity (Wildman–Crippen MR) is 93.3 cm³/mol. The number of benzene rings is 1. The van der Waals surface area contributed by atoms with Gasteiger partial charge in [0.25, 0.3) is 0 Å². The lowest BCUT2D eigenvalue weighted by Crippen LogP contribution is -2.42. The number of piperidine rings is 1. The van der Waals surface area contributed by atoms with Crippen molar-refractivity contribution in [3.8, 4) is 0 Å². The SMILES string of the molecule is CCc1ccccc1S(=O)(=O)N1CCC(Nc2cccnn2)CC1. The van der Waals surface area contributed by atoms with E-state index in [1.165, 1.54) is 0 Å². The van der Waals surface area contributed by atoms with Crippen molar-refractivity contribution in [2.24, 2.45) is 0 Å². The third kappa shape index (κ3) is 3.57. The summed E-state index contributed by atoms with van der Waals surface area (Å²) < 4.78 is 27.4. The Bertz CT molecular complexity index is 772. The monoisotopic (exact) mass is 346 g/mol. The van der Waals surface area contributed by atoms with Gasteiger partial charge in [-0.25, -0.2) is 8.42 Å². The Morgan fingerprint density at radius 2 is 1.92 bits per heavy atom. The maximum atomic E-state index is 12.9. The van der Waals surface area contributed by atoms with E-state index in [0.29, 0.717) is 24.4 Å². The first-order valence-corrected chi connectivity index (χ1v) is 9.67. The van der Waals surface area contributed by atoms with Crippen molar-refractivity contribution >= 4 is 15.8 Å². The number of hydrogen-bond donors (Lipinski definition) is 1. The van der Waals surface area contributed by atoms with Crippen LogP contribution in [0.1, 0.15) is 25.3 Å². The first kappa shape index (κ1) is 16.9. The summed E-state index contributed by atoms with van der Waals surface area (Å²) in [4.78, 5) is 0.438. The van der Waals surface area contributed by atoms with E-state index in [0.717, 1.165) is 24.2 Å². The molecule has 3 rings (SSSR count). The Hall–Kier alpha value is -1.99. The van der Waals surface area contributed by atoms with Crippen LogP contribution in [0.15, 0.2) is 47.5 Å². The third-order valence-corrected chi connectivity index (χ3v) is 6.35. The summed E-state index contributed by atoms with van der Waals surface area (Å²) in [6, 6.07) is 11.2. The molecular formula is C17H22N4O2S. The first-order chi connectivity index (χ1) is 11.6. The fourth-order valence-electron chi connectivity index (χ4n) is 3.01. The lowest BCUT2D eigenvalue weighted by atomic mass is 10.1. The van der Waals surface area contributed by atoms with Gasteiger partial charge in [0, 0.05) is 25.3 Å². The van der Waals surface area contributed by atoms with Gasteiger partial charge in [-0.2, -0.15) is 9.40 Å². The van der Waals surface area contributed by atoms with E-state index in [2.05, 4.69) is 15.5 Å². The zero-order valence-electron chi connectivity index (χ0n) is 13.7. The van der Waals surface area contributed by atoms with E-state index in [1.54, 1.807) is 22.6 Å². The zero-order chi connectivity index (χ0) is 17.0. The minimum absolute atomic E-state index is 0.217. The van der Waals surface area contributed by atoms with Gasteiger partial charge in [-0.1, -0.05) is 25.1 Å². The summed E-state index contributed by atoms with van der Waals surface area (Å²) in [5.41, 5.74) is 0.873. The standard InChI is InChI=1S/C17H22N4O2S/c1-2-14-6-3-4-7-16(14)24(22,23)21-12-9-15(10-13-21)19-17-8-5-11-18-20-17/h3-8,11,15H,2,9-10,12-13H2,1H3,(H,19,20). The van der Waals surface area contributed by atoms with Crippen LogP contribution < -0.4 is 5.32 Å². The fraction of sp³-hybridized carbons (Fsp3) is 0.412. The minimum Gasteiger partial charge on any atom is -0.366 e. The molecular weight excluding hydrogens is 324 g/mol. The molecule has 1 aromatic carbocycles. The third-order valence-electron chi connectivity index (χ3n) is 4.35. The molecule has 0 radical (unpaired) electrons. The zero-order valence-corrected chi connectivity index (χ0v) is 14.5. The molecule has 0 atom stereocenters. The summed E-state index contributed by atoms with van der Waals surface area (Å²) >= 11 is 0. The lowest BCUT2D eigenvalue weighted by Gasteiger charge is -2.32. The number of nitrogens with zero attached hydrogens (tertiary/aromatic N) is 3. The molecule has 2 aromatic rings. The van der Waals surface area contributed by atoms with Crippen LogP contribution in [0.5, 0.6) is 0 Å². The van der Waals surface area contributed by atoms with Crippen LogP contribution in [-0.2, 0) is 16.4 Å². The number of anilines is 1. The van der Waals surface area contributed by atoms with E-state index >= 15 is 0 Å². The van der Waals surface area contributed by atoms with E-state index in [4.69, 9.17) is 0 Å². The van der Waals surface area contributed by atoms with Gasteiger partial charge < -0.3 is 5.32 Å².